The summed E-state index contributed by atoms with van der Waals surface area (Å²) in [5, 5.41) is 0. The predicted octanol–water partition coefficient (Wildman–Crippen LogP) is 8.60. The normalized spacial score (nSPS) is 42.1. The van der Waals surface area contributed by atoms with Gasteiger partial charge in [0.1, 0.15) is 6.10 Å². The summed E-state index contributed by atoms with van der Waals surface area (Å²) in [6.07, 6.45) is 17.2. The van der Waals surface area contributed by atoms with Crippen LogP contribution in [0.4, 0.5) is 0 Å². The zero-order valence-corrected chi connectivity index (χ0v) is 22.8. The number of hydrogen-bond donors (Lipinski definition) is 0. The van der Waals surface area contributed by atoms with Gasteiger partial charge in [-0.05, 0) is 104 Å². The van der Waals surface area contributed by atoms with E-state index in [9.17, 15) is 4.79 Å². The molecule has 0 amide bonds. The van der Waals surface area contributed by atoms with Crippen molar-refractivity contribution in [3.63, 3.8) is 0 Å². The van der Waals surface area contributed by atoms with Gasteiger partial charge in [0, 0.05) is 13.3 Å². The fourth-order valence-corrected chi connectivity index (χ4v) is 9.63. The maximum absolute atomic E-state index is 11.5. The Morgan fingerprint density at radius 1 is 1.06 bits per heavy atom. The molecule has 4 aliphatic carbocycles. The molecule has 0 aromatic heterocycles. The summed E-state index contributed by atoms with van der Waals surface area (Å²) < 4.78 is 5.63. The van der Waals surface area contributed by atoms with Crippen molar-refractivity contribution >= 4 is 5.97 Å². The van der Waals surface area contributed by atoms with Crippen molar-refractivity contribution in [2.24, 2.45) is 52.3 Å². The van der Waals surface area contributed by atoms with Gasteiger partial charge in [0.15, 0.2) is 0 Å². The van der Waals surface area contributed by atoms with Crippen molar-refractivity contribution in [1.29, 1.82) is 0 Å². The van der Waals surface area contributed by atoms with Gasteiger partial charge in [0.25, 0.3) is 0 Å². The molecule has 0 aromatic rings. The summed E-state index contributed by atoms with van der Waals surface area (Å²) in [6, 6.07) is 0. The molecular formula is C31H52O2. The topological polar surface area (TPSA) is 26.3 Å². The number of carbonyl (C=O) groups excluding carboxylic acids is 1. The van der Waals surface area contributed by atoms with Crippen molar-refractivity contribution < 1.29 is 9.53 Å². The highest BCUT2D eigenvalue weighted by atomic mass is 16.5. The van der Waals surface area contributed by atoms with E-state index >= 15 is 0 Å². The van der Waals surface area contributed by atoms with Crippen LogP contribution in [0.2, 0.25) is 0 Å². The average Bonchev–Trinajstić information content (AvgIpc) is 3.11. The van der Waals surface area contributed by atoms with Gasteiger partial charge in [-0.25, -0.2) is 0 Å². The number of ether oxygens (including phenoxy) is 1. The van der Waals surface area contributed by atoms with Gasteiger partial charge in [-0.1, -0.05) is 66.0 Å². The van der Waals surface area contributed by atoms with E-state index in [1.165, 1.54) is 57.8 Å². The third kappa shape index (κ3) is 4.58. The molecule has 2 heteroatoms. The van der Waals surface area contributed by atoms with Crippen LogP contribution in [-0.2, 0) is 9.53 Å². The Hall–Kier alpha value is -0.790. The molecule has 0 aromatic carbocycles. The smallest absolute Gasteiger partial charge is 0.302 e. The van der Waals surface area contributed by atoms with Crippen LogP contribution in [0.1, 0.15) is 119 Å². The summed E-state index contributed by atoms with van der Waals surface area (Å²) in [4.78, 5) is 11.5. The molecule has 9 atom stereocenters. The summed E-state index contributed by atoms with van der Waals surface area (Å²) in [5.74, 6) is 6.03. The highest BCUT2D eigenvalue weighted by Gasteiger charge is 2.59. The predicted molar refractivity (Wildman–Crippen MR) is 138 cm³/mol. The first-order chi connectivity index (χ1) is 15.6. The van der Waals surface area contributed by atoms with Gasteiger partial charge in [-0.3, -0.25) is 4.79 Å². The van der Waals surface area contributed by atoms with E-state index < -0.39 is 0 Å². The second kappa shape index (κ2) is 9.69. The van der Waals surface area contributed by atoms with Crippen molar-refractivity contribution in [2.75, 3.05) is 0 Å². The van der Waals surface area contributed by atoms with Crippen molar-refractivity contribution in [3.05, 3.63) is 11.6 Å². The van der Waals surface area contributed by atoms with E-state index in [1.807, 2.05) is 0 Å². The first-order valence-corrected chi connectivity index (χ1v) is 14.5. The molecule has 0 bridgehead atoms. The number of rotatable bonds is 7. The largest absolute Gasteiger partial charge is 0.462 e. The molecule has 0 saturated heterocycles. The van der Waals surface area contributed by atoms with Crippen LogP contribution in [0.15, 0.2) is 11.6 Å². The minimum absolute atomic E-state index is 0.113. The van der Waals surface area contributed by atoms with Crippen LogP contribution in [0.3, 0.4) is 0 Å². The second-order valence-corrected chi connectivity index (χ2v) is 13.4. The Morgan fingerprint density at radius 3 is 2.48 bits per heavy atom. The summed E-state index contributed by atoms with van der Waals surface area (Å²) in [7, 11) is 0. The zero-order chi connectivity index (χ0) is 24.0. The molecule has 0 heterocycles. The average molecular weight is 457 g/mol. The first kappa shape index (κ1) is 25.3. The number of carbonyl (C=O) groups is 1. The zero-order valence-electron chi connectivity index (χ0n) is 22.8. The van der Waals surface area contributed by atoms with Gasteiger partial charge in [0.2, 0.25) is 0 Å². The van der Waals surface area contributed by atoms with E-state index in [4.69, 9.17) is 4.74 Å². The lowest BCUT2D eigenvalue weighted by molar-refractivity contribution is -0.148. The Bertz CT molecular complexity index is 737. The van der Waals surface area contributed by atoms with Crippen molar-refractivity contribution in [1.82, 2.24) is 0 Å². The molecule has 0 N–H and O–H groups in total. The number of allylic oxidation sites excluding steroid dienone is 1. The highest BCUT2D eigenvalue weighted by molar-refractivity contribution is 5.66. The Labute approximate surface area is 204 Å². The van der Waals surface area contributed by atoms with Crippen LogP contribution in [-0.4, -0.2) is 12.1 Å². The summed E-state index contributed by atoms with van der Waals surface area (Å²) in [6.45, 7) is 16.6. The maximum Gasteiger partial charge on any atom is 0.302 e. The summed E-state index contributed by atoms with van der Waals surface area (Å²) in [5.41, 5.74) is 2.51. The van der Waals surface area contributed by atoms with Gasteiger partial charge >= 0.3 is 5.97 Å². The first-order valence-electron chi connectivity index (χ1n) is 14.5. The van der Waals surface area contributed by atoms with Crippen molar-refractivity contribution in [3.8, 4) is 0 Å². The van der Waals surface area contributed by atoms with E-state index in [1.54, 1.807) is 12.5 Å². The molecule has 4 rings (SSSR count). The Balaban J connectivity index is 1.46. The molecule has 2 nitrogen and oxygen atoms in total. The van der Waals surface area contributed by atoms with Gasteiger partial charge < -0.3 is 4.74 Å². The van der Waals surface area contributed by atoms with E-state index in [2.05, 4.69) is 47.6 Å². The highest BCUT2D eigenvalue weighted by Crippen LogP contribution is 2.67. The molecule has 188 valence electrons. The summed E-state index contributed by atoms with van der Waals surface area (Å²) >= 11 is 0. The molecule has 0 radical (unpaired) electrons. The molecule has 0 spiro atoms. The monoisotopic (exact) mass is 456 g/mol. The Morgan fingerprint density at radius 2 is 1.82 bits per heavy atom. The lowest BCUT2D eigenvalue weighted by atomic mass is 9.47. The molecule has 3 saturated carbocycles. The van der Waals surface area contributed by atoms with Gasteiger partial charge in [-0.2, -0.15) is 0 Å². The van der Waals surface area contributed by atoms with E-state index in [0.29, 0.717) is 10.8 Å². The van der Waals surface area contributed by atoms with E-state index in [0.717, 1.165) is 54.3 Å². The quantitative estimate of drug-likeness (QED) is 0.283. The molecule has 4 aliphatic rings. The van der Waals surface area contributed by atoms with Crippen LogP contribution in [0.5, 0.6) is 0 Å². The SMILES string of the molecule is CC[C@H](CC[C@@H](C)[C@H]1CC[C@@H]2[C@@H]3CC=C4C[C@@H](OC(C)=O)CC[C@]4(C)[C@H]3CC[C@@]21C)C(C)C. The van der Waals surface area contributed by atoms with Crippen LogP contribution < -0.4 is 0 Å². The number of fused-ring (bicyclic) bond motifs is 5. The van der Waals surface area contributed by atoms with E-state index in [-0.39, 0.29) is 12.1 Å². The lowest BCUT2D eigenvalue weighted by Crippen LogP contribution is -2.51. The third-order valence-corrected chi connectivity index (χ3v) is 11.6. The molecule has 3 fully saturated rings. The minimum Gasteiger partial charge on any atom is -0.462 e. The second-order valence-electron chi connectivity index (χ2n) is 13.4. The fourth-order valence-electron chi connectivity index (χ4n) is 9.63. The number of hydrogen-bond acceptors (Lipinski definition) is 2. The van der Waals surface area contributed by atoms with Crippen LogP contribution in [0, 0.1) is 52.3 Å². The van der Waals surface area contributed by atoms with Crippen LogP contribution in [0.25, 0.3) is 0 Å². The Kier molecular flexibility index (Phi) is 7.43. The lowest BCUT2D eigenvalue weighted by Gasteiger charge is -2.58. The van der Waals surface area contributed by atoms with Crippen LogP contribution >= 0.6 is 0 Å². The molecule has 0 unspecified atom stereocenters. The van der Waals surface area contributed by atoms with Crippen molar-refractivity contribution in [2.45, 2.75) is 125 Å². The van der Waals surface area contributed by atoms with Gasteiger partial charge in [0.05, 0.1) is 0 Å². The standard InChI is InChI=1S/C31H52O2/c1-8-23(20(2)3)10-9-21(4)27-13-14-28-26-12-11-24-19-25(33-22(5)32)15-17-30(24,6)29(26)16-18-31(27,28)7/h11,20-21,23,25-29H,8-10,12-19H2,1-7H3/t21-,23-,25+,26+,27-,28-,29+,30+,31-/m1/s1. The molecule has 0 aliphatic heterocycles. The number of esters is 1. The fraction of sp³-hybridized carbons (Fsp3) is 0.903. The third-order valence-electron chi connectivity index (χ3n) is 11.6. The molecular weight excluding hydrogens is 404 g/mol. The maximum atomic E-state index is 11.5. The molecule has 33 heavy (non-hydrogen) atoms. The minimum atomic E-state index is -0.115. The van der Waals surface area contributed by atoms with Gasteiger partial charge in [-0.15, -0.1) is 0 Å².